The molecule has 5 nitrogen and oxygen atoms in total. The quantitative estimate of drug-likeness (QED) is 0.624. The van der Waals surface area contributed by atoms with Crippen molar-refractivity contribution >= 4 is 17.7 Å². The molecule has 0 aliphatic rings. The average molecular weight is 276 g/mol. The number of aryl methyl sites for hydroxylation is 1. The number of aromatic amines is 1. The van der Waals surface area contributed by atoms with Gasteiger partial charge in [0.2, 0.25) is 5.82 Å². The Balaban J connectivity index is 1.72. The zero-order valence-electron chi connectivity index (χ0n) is 10.7. The first-order chi connectivity index (χ1) is 9.29. The van der Waals surface area contributed by atoms with Crippen LogP contribution in [0.2, 0.25) is 0 Å². The molecule has 0 radical (unpaired) electrons. The summed E-state index contributed by atoms with van der Waals surface area (Å²) in [5.41, 5.74) is 0. The SMILES string of the molecule is CCc1nc(C(=O)NCCSc2ccccc2)n[nH]1. The molecule has 1 aromatic carbocycles. The van der Waals surface area contributed by atoms with E-state index in [0.717, 1.165) is 18.0 Å². The summed E-state index contributed by atoms with van der Waals surface area (Å²) in [6.07, 6.45) is 0.740. The molecule has 0 atom stereocenters. The molecule has 19 heavy (non-hydrogen) atoms. The van der Waals surface area contributed by atoms with E-state index in [2.05, 4.69) is 32.6 Å². The minimum Gasteiger partial charge on any atom is -0.348 e. The normalized spacial score (nSPS) is 10.4. The van der Waals surface area contributed by atoms with E-state index in [1.54, 1.807) is 11.8 Å². The Morgan fingerprint density at radius 3 is 2.84 bits per heavy atom. The highest BCUT2D eigenvalue weighted by Crippen LogP contribution is 2.15. The van der Waals surface area contributed by atoms with Gasteiger partial charge in [0.1, 0.15) is 5.82 Å². The fourth-order valence-corrected chi connectivity index (χ4v) is 2.27. The van der Waals surface area contributed by atoms with Crippen molar-refractivity contribution in [3.8, 4) is 0 Å². The molecular weight excluding hydrogens is 260 g/mol. The van der Waals surface area contributed by atoms with E-state index in [9.17, 15) is 4.79 Å². The van der Waals surface area contributed by atoms with Crippen molar-refractivity contribution in [1.82, 2.24) is 20.5 Å². The van der Waals surface area contributed by atoms with Gasteiger partial charge in [-0.15, -0.1) is 16.9 Å². The van der Waals surface area contributed by atoms with Gasteiger partial charge >= 0.3 is 0 Å². The lowest BCUT2D eigenvalue weighted by Gasteiger charge is -2.02. The first-order valence-corrected chi connectivity index (χ1v) is 7.15. The Morgan fingerprint density at radius 2 is 2.16 bits per heavy atom. The minimum absolute atomic E-state index is 0.210. The van der Waals surface area contributed by atoms with Gasteiger partial charge in [0.25, 0.3) is 5.91 Å². The molecule has 0 spiro atoms. The van der Waals surface area contributed by atoms with Gasteiger partial charge < -0.3 is 5.32 Å². The summed E-state index contributed by atoms with van der Waals surface area (Å²) in [5.74, 6) is 1.52. The monoisotopic (exact) mass is 276 g/mol. The number of carbonyl (C=O) groups is 1. The number of hydrogen-bond acceptors (Lipinski definition) is 4. The van der Waals surface area contributed by atoms with Crippen molar-refractivity contribution in [2.75, 3.05) is 12.3 Å². The van der Waals surface area contributed by atoms with Gasteiger partial charge in [0.15, 0.2) is 0 Å². The molecule has 1 heterocycles. The number of nitrogens with zero attached hydrogens (tertiary/aromatic N) is 2. The lowest BCUT2D eigenvalue weighted by molar-refractivity contribution is 0.0946. The summed E-state index contributed by atoms with van der Waals surface area (Å²) in [6, 6.07) is 10.1. The first-order valence-electron chi connectivity index (χ1n) is 6.17. The third-order valence-electron chi connectivity index (χ3n) is 2.47. The summed E-state index contributed by atoms with van der Waals surface area (Å²) in [7, 11) is 0. The smallest absolute Gasteiger partial charge is 0.290 e. The van der Waals surface area contributed by atoms with Crippen LogP contribution in [0.25, 0.3) is 0 Å². The molecule has 0 fully saturated rings. The van der Waals surface area contributed by atoms with Crippen molar-refractivity contribution in [2.24, 2.45) is 0 Å². The molecule has 1 aromatic heterocycles. The van der Waals surface area contributed by atoms with Crippen LogP contribution in [0.5, 0.6) is 0 Å². The van der Waals surface area contributed by atoms with E-state index < -0.39 is 0 Å². The van der Waals surface area contributed by atoms with Crippen molar-refractivity contribution in [1.29, 1.82) is 0 Å². The number of aromatic nitrogens is 3. The van der Waals surface area contributed by atoms with Gasteiger partial charge in [-0.2, -0.15) is 0 Å². The van der Waals surface area contributed by atoms with Gasteiger partial charge in [-0.05, 0) is 12.1 Å². The second-order valence-corrected chi connectivity index (χ2v) is 5.05. The van der Waals surface area contributed by atoms with E-state index in [4.69, 9.17) is 0 Å². The van der Waals surface area contributed by atoms with Crippen LogP contribution in [0.15, 0.2) is 35.2 Å². The van der Waals surface area contributed by atoms with Crippen LogP contribution in [0.1, 0.15) is 23.4 Å². The average Bonchev–Trinajstić information content (AvgIpc) is 2.93. The van der Waals surface area contributed by atoms with Crippen LogP contribution in [-0.2, 0) is 6.42 Å². The molecule has 0 unspecified atom stereocenters. The van der Waals surface area contributed by atoms with Crippen LogP contribution >= 0.6 is 11.8 Å². The van der Waals surface area contributed by atoms with Crippen LogP contribution < -0.4 is 5.32 Å². The molecule has 0 aliphatic carbocycles. The van der Waals surface area contributed by atoms with Gasteiger partial charge in [-0.25, -0.2) is 4.98 Å². The highest BCUT2D eigenvalue weighted by Gasteiger charge is 2.10. The molecule has 2 aromatic rings. The maximum Gasteiger partial charge on any atom is 0.290 e. The predicted molar refractivity (Wildman–Crippen MR) is 75.3 cm³/mol. The van der Waals surface area contributed by atoms with Crippen LogP contribution in [0.3, 0.4) is 0 Å². The summed E-state index contributed by atoms with van der Waals surface area (Å²) in [6.45, 7) is 2.55. The van der Waals surface area contributed by atoms with E-state index in [0.29, 0.717) is 6.54 Å². The first kappa shape index (κ1) is 13.6. The van der Waals surface area contributed by atoms with Gasteiger partial charge in [0, 0.05) is 23.6 Å². The second-order valence-electron chi connectivity index (χ2n) is 3.88. The van der Waals surface area contributed by atoms with E-state index in [-0.39, 0.29) is 11.7 Å². The molecule has 2 rings (SSSR count). The van der Waals surface area contributed by atoms with E-state index >= 15 is 0 Å². The summed E-state index contributed by atoms with van der Waals surface area (Å²) in [4.78, 5) is 17.0. The summed E-state index contributed by atoms with van der Waals surface area (Å²) in [5, 5.41) is 9.40. The highest BCUT2D eigenvalue weighted by atomic mass is 32.2. The number of H-pyrrole nitrogens is 1. The van der Waals surface area contributed by atoms with Crippen LogP contribution in [-0.4, -0.2) is 33.4 Å². The standard InChI is InChI=1S/C13H16N4OS/c1-2-11-15-12(17-16-11)13(18)14-8-9-19-10-6-4-3-5-7-10/h3-7H,2,8-9H2,1H3,(H,14,18)(H,15,16,17). The molecule has 1 amide bonds. The molecule has 100 valence electrons. The molecular formula is C13H16N4OS. The van der Waals surface area contributed by atoms with Crippen molar-refractivity contribution in [3.05, 3.63) is 42.0 Å². The number of benzene rings is 1. The Bertz CT molecular complexity index is 526. The molecule has 0 bridgehead atoms. The fourth-order valence-electron chi connectivity index (χ4n) is 1.48. The largest absolute Gasteiger partial charge is 0.348 e. The lowest BCUT2D eigenvalue weighted by Crippen LogP contribution is -2.26. The predicted octanol–water partition coefficient (Wildman–Crippen LogP) is 1.89. The van der Waals surface area contributed by atoms with Gasteiger partial charge in [0.05, 0.1) is 0 Å². The van der Waals surface area contributed by atoms with Gasteiger partial charge in [-0.3, -0.25) is 9.89 Å². The number of thioether (sulfide) groups is 1. The third kappa shape index (κ3) is 4.10. The topological polar surface area (TPSA) is 70.7 Å². The Labute approximate surface area is 116 Å². The molecule has 2 N–H and O–H groups in total. The second kappa shape index (κ2) is 6.94. The molecule has 0 aliphatic heterocycles. The van der Waals surface area contributed by atoms with Crippen molar-refractivity contribution in [2.45, 2.75) is 18.2 Å². The third-order valence-corrected chi connectivity index (χ3v) is 3.48. The number of amides is 1. The molecule has 6 heteroatoms. The summed E-state index contributed by atoms with van der Waals surface area (Å²) >= 11 is 1.70. The van der Waals surface area contributed by atoms with Crippen LogP contribution in [0, 0.1) is 0 Å². The Morgan fingerprint density at radius 1 is 1.37 bits per heavy atom. The van der Waals surface area contributed by atoms with E-state index in [1.165, 1.54) is 4.90 Å². The minimum atomic E-state index is -0.232. The number of hydrogen-bond donors (Lipinski definition) is 2. The summed E-state index contributed by atoms with van der Waals surface area (Å²) < 4.78 is 0. The number of rotatable bonds is 6. The maximum atomic E-state index is 11.7. The van der Waals surface area contributed by atoms with Crippen molar-refractivity contribution < 1.29 is 4.79 Å². The van der Waals surface area contributed by atoms with Gasteiger partial charge in [-0.1, -0.05) is 25.1 Å². The Kier molecular flexibility index (Phi) is 4.97. The molecule has 0 saturated heterocycles. The number of nitrogens with one attached hydrogen (secondary N) is 2. The molecule has 0 saturated carbocycles. The fraction of sp³-hybridized carbons (Fsp3) is 0.308. The lowest BCUT2D eigenvalue weighted by atomic mass is 10.4. The Hall–Kier alpha value is -1.82. The maximum absolute atomic E-state index is 11.7. The zero-order valence-corrected chi connectivity index (χ0v) is 11.5. The zero-order chi connectivity index (χ0) is 13.5. The highest BCUT2D eigenvalue weighted by molar-refractivity contribution is 7.99. The number of carbonyl (C=O) groups excluding carboxylic acids is 1. The van der Waals surface area contributed by atoms with Crippen LogP contribution in [0.4, 0.5) is 0 Å². The van der Waals surface area contributed by atoms with E-state index in [1.807, 2.05) is 25.1 Å². The van der Waals surface area contributed by atoms with Crippen molar-refractivity contribution in [3.63, 3.8) is 0 Å².